The topological polar surface area (TPSA) is 73.4 Å². The molecule has 132 valence electrons. The third-order valence-electron chi connectivity index (χ3n) is 4.83. The lowest BCUT2D eigenvalue weighted by Crippen LogP contribution is -2.30. The third kappa shape index (κ3) is 4.17. The summed E-state index contributed by atoms with van der Waals surface area (Å²) in [4.78, 5) is 29.0. The van der Waals surface area contributed by atoms with Crippen LogP contribution in [-0.4, -0.2) is 34.0 Å². The number of benzene rings is 1. The molecule has 25 heavy (non-hydrogen) atoms. The first-order valence-electron chi connectivity index (χ1n) is 8.80. The molecule has 0 aliphatic carbocycles. The van der Waals surface area contributed by atoms with Crippen LogP contribution in [0.4, 0.5) is 0 Å². The molecule has 5 heteroatoms. The molecule has 2 heterocycles. The predicted molar refractivity (Wildman–Crippen MR) is 96.5 cm³/mol. The van der Waals surface area contributed by atoms with Gasteiger partial charge in [-0.1, -0.05) is 31.2 Å². The molecule has 1 aliphatic heterocycles. The van der Waals surface area contributed by atoms with Crippen LogP contribution in [0, 0.1) is 5.92 Å². The number of hydrogen-bond acceptors (Lipinski definition) is 3. The molecule has 3 rings (SSSR count). The molecule has 1 aromatic heterocycles. The van der Waals surface area contributed by atoms with Crippen molar-refractivity contribution in [2.45, 2.75) is 32.8 Å². The number of aryl methyl sites for hydroxylation is 1. The van der Waals surface area contributed by atoms with E-state index in [1.165, 1.54) is 11.6 Å². The third-order valence-corrected chi connectivity index (χ3v) is 4.83. The van der Waals surface area contributed by atoms with Crippen LogP contribution in [0.3, 0.4) is 0 Å². The number of carbonyl (C=O) groups excluding carboxylic acids is 1. The molecule has 0 bridgehead atoms. The van der Waals surface area contributed by atoms with Gasteiger partial charge >= 0.3 is 0 Å². The van der Waals surface area contributed by atoms with Gasteiger partial charge in [0.15, 0.2) is 0 Å². The predicted octanol–water partition coefficient (Wildman–Crippen LogP) is 2.13. The first-order chi connectivity index (χ1) is 12.1. The molecule has 2 N–H and O–H groups in total. The molecular formula is C20H24N2O3. The zero-order valence-electron chi connectivity index (χ0n) is 14.5. The number of aliphatic hydroxyl groups excluding tert-OH is 1. The highest BCUT2D eigenvalue weighted by molar-refractivity contribution is 5.94. The van der Waals surface area contributed by atoms with Crippen LogP contribution >= 0.6 is 0 Å². The lowest BCUT2D eigenvalue weighted by Gasteiger charge is -2.17. The molecule has 1 aliphatic rings. The maximum absolute atomic E-state index is 12.7. The summed E-state index contributed by atoms with van der Waals surface area (Å²) in [5.74, 6) is 0.371. The Hall–Kier alpha value is -2.40. The minimum absolute atomic E-state index is 0.0565. The lowest BCUT2D eigenvalue weighted by atomic mass is 9.98. The Balaban J connectivity index is 1.64. The van der Waals surface area contributed by atoms with Crippen molar-refractivity contribution in [1.29, 1.82) is 0 Å². The number of aromatic nitrogens is 1. The van der Waals surface area contributed by atoms with E-state index in [0.717, 1.165) is 37.2 Å². The maximum Gasteiger partial charge on any atom is 0.254 e. The van der Waals surface area contributed by atoms with Crippen molar-refractivity contribution in [3.05, 3.63) is 69.1 Å². The Morgan fingerprint density at radius 2 is 1.96 bits per heavy atom. The number of carbonyl (C=O) groups is 1. The summed E-state index contributed by atoms with van der Waals surface area (Å²) in [6.45, 7) is 3.46. The van der Waals surface area contributed by atoms with Crippen LogP contribution in [0.25, 0.3) is 0 Å². The maximum atomic E-state index is 12.7. The number of hydrogen-bond donors (Lipinski definition) is 2. The molecule has 1 aromatic carbocycles. The summed E-state index contributed by atoms with van der Waals surface area (Å²) in [6.07, 6.45) is 2.59. The largest absolute Gasteiger partial charge is 0.392 e. The van der Waals surface area contributed by atoms with Gasteiger partial charge < -0.3 is 15.0 Å². The highest BCUT2D eigenvalue weighted by atomic mass is 16.3. The summed E-state index contributed by atoms with van der Waals surface area (Å²) >= 11 is 0. The number of H-pyrrole nitrogens is 1. The van der Waals surface area contributed by atoms with Gasteiger partial charge in [0.1, 0.15) is 0 Å². The van der Waals surface area contributed by atoms with Gasteiger partial charge in [0.05, 0.1) is 6.61 Å². The number of pyridine rings is 1. The van der Waals surface area contributed by atoms with E-state index in [-0.39, 0.29) is 18.1 Å². The summed E-state index contributed by atoms with van der Waals surface area (Å²) in [6, 6.07) is 11.1. The van der Waals surface area contributed by atoms with Gasteiger partial charge in [-0.3, -0.25) is 9.59 Å². The second-order valence-electron chi connectivity index (χ2n) is 6.70. The Morgan fingerprint density at radius 3 is 2.64 bits per heavy atom. The van der Waals surface area contributed by atoms with Crippen molar-refractivity contribution < 1.29 is 9.90 Å². The number of likely N-dealkylation sites (tertiary alicyclic amines) is 1. The Bertz CT molecular complexity index is 795. The van der Waals surface area contributed by atoms with E-state index >= 15 is 0 Å². The number of amides is 1. The van der Waals surface area contributed by atoms with Crippen molar-refractivity contribution in [2.24, 2.45) is 5.92 Å². The fourth-order valence-electron chi connectivity index (χ4n) is 3.40. The van der Waals surface area contributed by atoms with Gasteiger partial charge in [0.25, 0.3) is 5.91 Å². The molecule has 0 unspecified atom stereocenters. The van der Waals surface area contributed by atoms with E-state index in [2.05, 4.69) is 4.98 Å². The molecule has 0 saturated carbocycles. The number of aromatic amines is 1. The van der Waals surface area contributed by atoms with Crippen LogP contribution in [0.2, 0.25) is 0 Å². The van der Waals surface area contributed by atoms with Crippen molar-refractivity contribution in [3.8, 4) is 0 Å². The summed E-state index contributed by atoms with van der Waals surface area (Å²) in [7, 11) is 0. The number of nitrogens with one attached hydrogen (secondary N) is 1. The van der Waals surface area contributed by atoms with E-state index in [9.17, 15) is 9.59 Å². The van der Waals surface area contributed by atoms with E-state index in [0.29, 0.717) is 17.9 Å². The fraction of sp³-hybridized carbons (Fsp3) is 0.400. The fourth-order valence-corrected chi connectivity index (χ4v) is 3.40. The van der Waals surface area contributed by atoms with Crippen molar-refractivity contribution in [1.82, 2.24) is 9.88 Å². The first-order valence-corrected chi connectivity index (χ1v) is 8.80. The van der Waals surface area contributed by atoms with E-state index in [4.69, 9.17) is 5.11 Å². The average Bonchev–Trinajstić information content (AvgIpc) is 3.09. The molecule has 5 nitrogen and oxygen atoms in total. The molecule has 1 saturated heterocycles. The second kappa shape index (κ2) is 7.66. The quantitative estimate of drug-likeness (QED) is 0.876. The zero-order chi connectivity index (χ0) is 17.8. The summed E-state index contributed by atoms with van der Waals surface area (Å²) < 4.78 is 0. The first kappa shape index (κ1) is 17.4. The minimum atomic E-state index is -0.220. The standard InChI is InChI=1S/C20H24N2O3/c1-2-18-10-17(11-19(24)21-18)20(25)22-8-7-16(12-22)9-14-3-5-15(13-23)6-4-14/h3-6,10-11,16,23H,2,7-9,12-13H2,1H3,(H,21,24)/t16-/m0/s1. The second-order valence-corrected chi connectivity index (χ2v) is 6.70. The molecule has 2 aromatic rings. The van der Waals surface area contributed by atoms with Gasteiger partial charge in [-0.25, -0.2) is 0 Å². The van der Waals surface area contributed by atoms with E-state index in [1.807, 2.05) is 36.1 Å². The highest BCUT2D eigenvalue weighted by Crippen LogP contribution is 2.22. The zero-order valence-corrected chi connectivity index (χ0v) is 14.5. The van der Waals surface area contributed by atoms with Crippen LogP contribution in [-0.2, 0) is 19.4 Å². The van der Waals surface area contributed by atoms with Crippen molar-refractivity contribution in [3.63, 3.8) is 0 Å². The normalized spacial score (nSPS) is 17.0. The van der Waals surface area contributed by atoms with Crippen LogP contribution < -0.4 is 5.56 Å². The van der Waals surface area contributed by atoms with Crippen molar-refractivity contribution in [2.75, 3.05) is 13.1 Å². The Kier molecular flexibility index (Phi) is 5.34. The monoisotopic (exact) mass is 340 g/mol. The SMILES string of the molecule is CCc1cc(C(=O)N2CC[C@@H](Cc3ccc(CO)cc3)C2)cc(=O)[nH]1. The minimum Gasteiger partial charge on any atom is -0.392 e. The van der Waals surface area contributed by atoms with Gasteiger partial charge in [-0.2, -0.15) is 0 Å². The highest BCUT2D eigenvalue weighted by Gasteiger charge is 2.27. The van der Waals surface area contributed by atoms with Crippen LogP contribution in [0.1, 0.15) is 40.5 Å². The van der Waals surface area contributed by atoms with Crippen molar-refractivity contribution >= 4 is 5.91 Å². The molecule has 1 amide bonds. The molecular weight excluding hydrogens is 316 g/mol. The number of nitrogens with zero attached hydrogens (tertiary/aromatic N) is 1. The van der Waals surface area contributed by atoms with Gasteiger partial charge in [0, 0.05) is 30.4 Å². The Labute approximate surface area is 147 Å². The van der Waals surface area contributed by atoms with Gasteiger partial charge in [-0.05, 0) is 42.4 Å². The molecule has 0 spiro atoms. The molecule has 1 fully saturated rings. The smallest absolute Gasteiger partial charge is 0.254 e. The van der Waals surface area contributed by atoms with Crippen LogP contribution in [0.15, 0.2) is 41.2 Å². The summed E-state index contributed by atoms with van der Waals surface area (Å²) in [5.41, 5.74) is 3.18. The Morgan fingerprint density at radius 1 is 1.24 bits per heavy atom. The van der Waals surface area contributed by atoms with E-state index < -0.39 is 0 Å². The molecule has 0 radical (unpaired) electrons. The summed E-state index contributed by atoms with van der Waals surface area (Å²) in [5, 5.41) is 9.10. The van der Waals surface area contributed by atoms with Crippen LogP contribution in [0.5, 0.6) is 0 Å². The molecule has 1 atom stereocenters. The van der Waals surface area contributed by atoms with Gasteiger partial charge in [0.2, 0.25) is 5.56 Å². The average molecular weight is 340 g/mol. The number of rotatable bonds is 5. The van der Waals surface area contributed by atoms with E-state index in [1.54, 1.807) is 6.07 Å². The van der Waals surface area contributed by atoms with Gasteiger partial charge in [-0.15, -0.1) is 0 Å². The lowest BCUT2D eigenvalue weighted by molar-refractivity contribution is 0.0786. The number of aliphatic hydroxyl groups is 1.